The molecule has 16 heavy (non-hydrogen) atoms. The molecule has 2 nitrogen and oxygen atoms in total. The van der Waals surface area contributed by atoms with Crippen LogP contribution in [-0.4, -0.2) is 13.1 Å². The monoisotopic (exact) mass is 238 g/mol. The van der Waals surface area contributed by atoms with Gasteiger partial charge in [0.15, 0.2) is 0 Å². The number of halogens is 1. The van der Waals surface area contributed by atoms with E-state index in [0.29, 0.717) is 10.7 Å². The van der Waals surface area contributed by atoms with E-state index in [2.05, 4.69) is 18.7 Å². The molecule has 1 fully saturated rings. The summed E-state index contributed by atoms with van der Waals surface area (Å²) in [5, 5.41) is 0.666. The van der Waals surface area contributed by atoms with Crippen LogP contribution in [0.3, 0.4) is 0 Å². The summed E-state index contributed by atoms with van der Waals surface area (Å²) in [6.45, 7) is 6.66. The Kier molecular flexibility index (Phi) is 3.29. The van der Waals surface area contributed by atoms with Gasteiger partial charge >= 0.3 is 0 Å². The predicted molar refractivity (Wildman–Crippen MR) is 71.2 cm³/mol. The smallest absolute Gasteiger partial charge is 0.0656 e. The minimum absolute atomic E-state index is 0.666. The Hall–Kier alpha value is -0.890. The van der Waals surface area contributed by atoms with Gasteiger partial charge in [-0.2, -0.15) is 0 Å². The molecular formula is C13H19ClN2. The molecule has 3 heteroatoms. The highest BCUT2D eigenvalue weighted by molar-refractivity contribution is 6.33. The van der Waals surface area contributed by atoms with Crippen LogP contribution in [0, 0.1) is 12.8 Å². The lowest BCUT2D eigenvalue weighted by molar-refractivity contribution is 0.446. The molecule has 1 aliphatic heterocycles. The van der Waals surface area contributed by atoms with Crippen LogP contribution in [0.25, 0.3) is 0 Å². The van der Waals surface area contributed by atoms with Gasteiger partial charge in [0.1, 0.15) is 0 Å². The average molecular weight is 239 g/mol. The van der Waals surface area contributed by atoms with Crippen LogP contribution in [0.2, 0.25) is 5.02 Å². The lowest BCUT2D eigenvalue weighted by Gasteiger charge is -2.34. The normalized spacial score (nSPS) is 21.2. The molecular weight excluding hydrogens is 220 g/mol. The number of anilines is 2. The first-order valence-electron chi connectivity index (χ1n) is 5.88. The first kappa shape index (κ1) is 11.6. The van der Waals surface area contributed by atoms with E-state index in [1.54, 1.807) is 0 Å². The maximum atomic E-state index is 6.09. The van der Waals surface area contributed by atoms with Crippen LogP contribution < -0.4 is 10.6 Å². The molecule has 1 aliphatic rings. The molecule has 1 atom stereocenters. The fourth-order valence-corrected chi connectivity index (χ4v) is 2.60. The van der Waals surface area contributed by atoms with Gasteiger partial charge in [-0.15, -0.1) is 0 Å². The minimum atomic E-state index is 0.666. The van der Waals surface area contributed by atoms with Crippen molar-refractivity contribution in [1.29, 1.82) is 0 Å². The Morgan fingerprint density at radius 2 is 2.19 bits per heavy atom. The zero-order chi connectivity index (χ0) is 11.7. The molecule has 0 aromatic heterocycles. The first-order chi connectivity index (χ1) is 7.58. The third kappa shape index (κ3) is 2.27. The van der Waals surface area contributed by atoms with Crippen LogP contribution in [0.15, 0.2) is 12.1 Å². The second-order valence-corrected chi connectivity index (χ2v) is 5.26. The fraction of sp³-hybridized carbons (Fsp3) is 0.538. The van der Waals surface area contributed by atoms with Gasteiger partial charge in [-0.05, 0) is 43.4 Å². The van der Waals surface area contributed by atoms with Crippen LogP contribution >= 0.6 is 11.6 Å². The molecule has 1 heterocycles. The number of benzene rings is 1. The largest absolute Gasteiger partial charge is 0.398 e. The number of aryl methyl sites for hydroxylation is 1. The zero-order valence-corrected chi connectivity index (χ0v) is 10.7. The van der Waals surface area contributed by atoms with Crippen molar-refractivity contribution in [3.8, 4) is 0 Å². The highest BCUT2D eigenvalue weighted by atomic mass is 35.5. The Bertz CT molecular complexity index is 390. The van der Waals surface area contributed by atoms with Crippen LogP contribution in [0.5, 0.6) is 0 Å². The van der Waals surface area contributed by atoms with Crippen LogP contribution in [-0.2, 0) is 0 Å². The number of nitrogen functional groups attached to an aromatic ring is 1. The lowest BCUT2D eigenvalue weighted by Crippen LogP contribution is -2.34. The van der Waals surface area contributed by atoms with E-state index in [1.807, 2.05) is 12.1 Å². The van der Waals surface area contributed by atoms with Crippen molar-refractivity contribution in [3.05, 3.63) is 22.7 Å². The number of nitrogens with zero attached hydrogens (tertiary/aromatic N) is 1. The van der Waals surface area contributed by atoms with Gasteiger partial charge in [0.2, 0.25) is 0 Å². The van der Waals surface area contributed by atoms with Gasteiger partial charge in [-0.1, -0.05) is 18.5 Å². The van der Waals surface area contributed by atoms with Gasteiger partial charge in [-0.3, -0.25) is 0 Å². The third-order valence-electron chi connectivity index (χ3n) is 3.31. The molecule has 88 valence electrons. The van der Waals surface area contributed by atoms with Crippen molar-refractivity contribution in [2.75, 3.05) is 23.7 Å². The van der Waals surface area contributed by atoms with E-state index in [4.69, 9.17) is 17.3 Å². The molecule has 0 radical (unpaired) electrons. The van der Waals surface area contributed by atoms with Crippen molar-refractivity contribution >= 4 is 23.0 Å². The summed E-state index contributed by atoms with van der Waals surface area (Å²) < 4.78 is 0. The minimum Gasteiger partial charge on any atom is -0.398 e. The van der Waals surface area contributed by atoms with Gasteiger partial charge in [0.25, 0.3) is 0 Å². The average Bonchev–Trinajstić information content (AvgIpc) is 2.23. The molecule has 0 saturated carbocycles. The molecule has 0 amide bonds. The summed E-state index contributed by atoms with van der Waals surface area (Å²) in [7, 11) is 0. The molecule has 1 saturated heterocycles. The maximum Gasteiger partial charge on any atom is 0.0656 e. The van der Waals surface area contributed by atoms with Crippen molar-refractivity contribution in [1.82, 2.24) is 0 Å². The number of hydrogen-bond acceptors (Lipinski definition) is 2. The van der Waals surface area contributed by atoms with E-state index < -0.39 is 0 Å². The number of nitrogens with two attached hydrogens (primary N) is 1. The molecule has 0 bridgehead atoms. The van der Waals surface area contributed by atoms with E-state index in [9.17, 15) is 0 Å². The maximum absolute atomic E-state index is 6.09. The van der Waals surface area contributed by atoms with E-state index >= 15 is 0 Å². The highest BCUT2D eigenvalue weighted by Gasteiger charge is 2.18. The Morgan fingerprint density at radius 3 is 2.88 bits per heavy atom. The van der Waals surface area contributed by atoms with E-state index in [0.717, 1.165) is 19.0 Å². The number of piperidine rings is 1. The zero-order valence-electron chi connectivity index (χ0n) is 9.96. The van der Waals surface area contributed by atoms with E-state index in [-0.39, 0.29) is 0 Å². The first-order valence-corrected chi connectivity index (χ1v) is 6.26. The SMILES string of the molecule is Cc1cc(N)c(Cl)cc1N1CCCC(C)C1. The molecule has 1 aromatic rings. The van der Waals surface area contributed by atoms with E-state index in [1.165, 1.54) is 24.1 Å². The van der Waals surface area contributed by atoms with Crippen molar-refractivity contribution in [2.24, 2.45) is 5.92 Å². The second-order valence-electron chi connectivity index (χ2n) is 4.85. The summed E-state index contributed by atoms with van der Waals surface area (Å²) in [5.74, 6) is 0.768. The summed E-state index contributed by atoms with van der Waals surface area (Å²) in [6.07, 6.45) is 2.60. The predicted octanol–water partition coefficient (Wildman–Crippen LogP) is 3.47. The highest BCUT2D eigenvalue weighted by Crippen LogP contribution is 2.31. The van der Waals surface area contributed by atoms with Crippen LogP contribution in [0.4, 0.5) is 11.4 Å². The van der Waals surface area contributed by atoms with Gasteiger partial charge in [0, 0.05) is 18.8 Å². The Balaban J connectivity index is 2.29. The van der Waals surface area contributed by atoms with Crippen molar-refractivity contribution in [3.63, 3.8) is 0 Å². The third-order valence-corrected chi connectivity index (χ3v) is 3.64. The Labute approximate surface area is 102 Å². The van der Waals surface area contributed by atoms with Crippen molar-refractivity contribution in [2.45, 2.75) is 26.7 Å². The van der Waals surface area contributed by atoms with Gasteiger partial charge in [0.05, 0.1) is 10.7 Å². The summed E-state index contributed by atoms with van der Waals surface area (Å²) in [6, 6.07) is 3.97. The van der Waals surface area contributed by atoms with Crippen LogP contribution in [0.1, 0.15) is 25.3 Å². The van der Waals surface area contributed by atoms with Gasteiger partial charge < -0.3 is 10.6 Å². The molecule has 0 aliphatic carbocycles. The standard InChI is InChI=1S/C13H19ClN2/c1-9-4-3-5-16(8-9)13-7-11(14)12(15)6-10(13)2/h6-7,9H,3-5,8,15H2,1-2H3. The molecule has 0 spiro atoms. The number of hydrogen-bond donors (Lipinski definition) is 1. The topological polar surface area (TPSA) is 29.3 Å². The van der Waals surface area contributed by atoms with Gasteiger partial charge in [-0.25, -0.2) is 0 Å². The fourth-order valence-electron chi connectivity index (χ4n) is 2.44. The molecule has 2 N–H and O–H groups in total. The quantitative estimate of drug-likeness (QED) is 0.760. The second kappa shape index (κ2) is 4.54. The summed E-state index contributed by atoms with van der Waals surface area (Å²) in [5.41, 5.74) is 8.93. The summed E-state index contributed by atoms with van der Waals surface area (Å²) in [4.78, 5) is 2.43. The Morgan fingerprint density at radius 1 is 1.44 bits per heavy atom. The lowest BCUT2D eigenvalue weighted by atomic mass is 9.99. The molecule has 1 aromatic carbocycles. The van der Waals surface area contributed by atoms with Crippen molar-refractivity contribution < 1.29 is 0 Å². The number of rotatable bonds is 1. The molecule has 2 rings (SSSR count). The summed E-state index contributed by atoms with van der Waals surface area (Å²) >= 11 is 6.09. The molecule has 1 unspecified atom stereocenters.